The van der Waals surface area contributed by atoms with Crippen LogP contribution in [-0.2, 0) is 13.5 Å². The number of aryl methyl sites for hydroxylation is 1. The molecule has 2 aromatic carbocycles. The Morgan fingerprint density at radius 3 is 2.50 bits per heavy atom. The van der Waals surface area contributed by atoms with Crippen LogP contribution in [0.25, 0.3) is 10.9 Å². The Morgan fingerprint density at radius 1 is 1.09 bits per heavy atom. The third kappa shape index (κ3) is 2.90. The van der Waals surface area contributed by atoms with E-state index < -0.39 is 0 Å². The molecule has 0 saturated carbocycles. The minimum atomic E-state index is 0.0847. The molecule has 0 saturated heterocycles. The van der Waals surface area contributed by atoms with Gasteiger partial charge in [-0.2, -0.15) is 0 Å². The fourth-order valence-electron chi connectivity index (χ4n) is 3.10. The van der Waals surface area contributed by atoms with Crippen molar-refractivity contribution < 1.29 is 0 Å². The van der Waals surface area contributed by atoms with Crippen molar-refractivity contribution in [2.24, 2.45) is 12.8 Å². The molecule has 0 spiro atoms. The summed E-state index contributed by atoms with van der Waals surface area (Å²) in [5.41, 5.74) is 10.1. The average Bonchev–Trinajstić information content (AvgIpc) is 2.88. The van der Waals surface area contributed by atoms with Gasteiger partial charge in [0.05, 0.1) is 0 Å². The van der Waals surface area contributed by atoms with E-state index in [9.17, 15) is 0 Å². The van der Waals surface area contributed by atoms with Crippen LogP contribution in [0.15, 0.2) is 54.7 Å². The largest absolute Gasteiger partial charge is 0.351 e. The highest BCUT2D eigenvalue weighted by Gasteiger charge is 2.19. The SMILES string of the molecule is C[C@@H](N)[C@@H](Cc1ccc(Cl)cc1)c1cccc2c1ccn2C. The topological polar surface area (TPSA) is 30.9 Å². The normalized spacial score (nSPS) is 14.2. The van der Waals surface area contributed by atoms with Crippen LogP contribution in [-0.4, -0.2) is 10.6 Å². The lowest BCUT2D eigenvalue weighted by molar-refractivity contribution is 0.568. The van der Waals surface area contributed by atoms with Crippen molar-refractivity contribution in [3.05, 3.63) is 70.9 Å². The minimum absolute atomic E-state index is 0.0847. The maximum atomic E-state index is 6.31. The summed E-state index contributed by atoms with van der Waals surface area (Å²) in [6, 6.07) is 16.8. The zero-order chi connectivity index (χ0) is 15.7. The molecule has 22 heavy (non-hydrogen) atoms. The predicted octanol–water partition coefficient (Wildman–Crippen LogP) is 4.51. The molecular formula is C19H21ClN2. The number of hydrogen-bond acceptors (Lipinski definition) is 1. The van der Waals surface area contributed by atoms with E-state index in [0.717, 1.165) is 11.4 Å². The summed E-state index contributed by atoms with van der Waals surface area (Å²) in [5.74, 6) is 0.285. The van der Waals surface area contributed by atoms with Crippen LogP contribution in [0.4, 0.5) is 0 Å². The molecule has 3 rings (SSSR count). The molecule has 2 atom stereocenters. The standard InChI is InChI=1S/C19H21ClN2/c1-13(21)18(12-14-6-8-15(20)9-7-14)16-4-3-5-19-17(16)10-11-22(19)2/h3-11,13,18H,12,21H2,1-2H3/t13-,18-/m1/s1. The fraction of sp³-hybridized carbons (Fsp3) is 0.263. The number of rotatable bonds is 4. The van der Waals surface area contributed by atoms with Crippen LogP contribution in [0, 0.1) is 0 Å². The molecule has 0 aliphatic rings. The third-order valence-electron chi connectivity index (χ3n) is 4.36. The van der Waals surface area contributed by atoms with Gasteiger partial charge >= 0.3 is 0 Å². The second-order valence-electron chi connectivity index (χ2n) is 6.00. The lowest BCUT2D eigenvalue weighted by Gasteiger charge is -2.22. The highest BCUT2D eigenvalue weighted by molar-refractivity contribution is 6.30. The van der Waals surface area contributed by atoms with Gasteiger partial charge in [0, 0.05) is 41.1 Å². The molecule has 1 aromatic heterocycles. The van der Waals surface area contributed by atoms with E-state index in [4.69, 9.17) is 17.3 Å². The third-order valence-corrected chi connectivity index (χ3v) is 4.62. The van der Waals surface area contributed by atoms with Gasteiger partial charge in [0.25, 0.3) is 0 Å². The number of fused-ring (bicyclic) bond motifs is 1. The molecule has 3 heteroatoms. The van der Waals surface area contributed by atoms with E-state index in [0.29, 0.717) is 0 Å². The monoisotopic (exact) mass is 312 g/mol. The van der Waals surface area contributed by atoms with Gasteiger partial charge in [0.2, 0.25) is 0 Å². The van der Waals surface area contributed by atoms with Crippen molar-refractivity contribution in [2.45, 2.75) is 25.3 Å². The number of aromatic nitrogens is 1. The van der Waals surface area contributed by atoms with Crippen molar-refractivity contribution >= 4 is 22.5 Å². The van der Waals surface area contributed by atoms with Crippen molar-refractivity contribution in [1.29, 1.82) is 0 Å². The van der Waals surface area contributed by atoms with Gasteiger partial charge in [-0.1, -0.05) is 35.9 Å². The molecule has 1 heterocycles. The Morgan fingerprint density at radius 2 is 1.82 bits per heavy atom. The minimum Gasteiger partial charge on any atom is -0.351 e. The van der Waals surface area contributed by atoms with Crippen molar-refractivity contribution in [3.63, 3.8) is 0 Å². The van der Waals surface area contributed by atoms with Crippen LogP contribution in [0.3, 0.4) is 0 Å². The molecule has 0 aliphatic heterocycles. The lowest BCUT2D eigenvalue weighted by Crippen LogP contribution is -2.26. The molecule has 0 fully saturated rings. The maximum Gasteiger partial charge on any atom is 0.0480 e. The highest BCUT2D eigenvalue weighted by Crippen LogP contribution is 2.31. The summed E-state index contributed by atoms with van der Waals surface area (Å²) in [7, 11) is 2.08. The first-order chi connectivity index (χ1) is 10.6. The summed E-state index contributed by atoms with van der Waals surface area (Å²) in [5, 5.41) is 2.06. The first-order valence-corrected chi connectivity index (χ1v) is 7.98. The molecule has 0 bridgehead atoms. The van der Waals surface area contributed by atoms with E-state index in [1.807, 2.05) is 12.1 Å². The molecule has 3 aromatic rings. The summed E-state index contributed by atoms with van der Waals surface area (Å²) in [4.78, 5) is 0. The van der Waals surface area contributed by atoms with Crippen LogP contribution in [0.1, 0.15) is 24.0 Å². The van der Waals surface area contributed by atoms with Crippen LogP contribution < -0.4 is 5.73 Å². The summed E-state index contributed by atoms with van der Waals surface area (Å²) < 4.78 is 2.15. The number of nitrogens with zero attached hydrogens (tertiary/aromatic N) is 1. The number of halogens is 1. The molecule has 2 nitrogen and oxygen atoms in total. The van der Waals surface area contributed by atoms with Gasteiger partial charge < -0.3 is 10.3 Å². The first-order valence-electron chi connectivity index (χ1n) is 7.60. The predicted molar refractivity (Wildman–Crippen MR) is 94.5 cm³/mol. The van der Waals surface area contributed by atoms with Gasteiger partial charge in [-0.3, -0.25) is 0 Å². The second kappa shape index (κ2) is 6.15. The first kappa shape index (κ1) is 15.1. The summed E-state index contributed by atoms with van der Waals surface area (Å²) in [6.07, 6.45) is 3.03. The molecule has 0 amide bonds. The quantitative estimate of drug-likeness (QED) is 0.755. The van der Waals surface area contributed by atoms with Gasteiger partial charge in [-0.25, -0.2) is 0 Å². The molecule has 0 unspecified atom stereocenters. The molecule has 114 valence electrons. The summed E-state index contributed by atoms with van der Waals surface area (Å²) >= 11 is 5.98. The van der Waals surface area contributed by atoms with Gasteiger partial charge in [-0.05, 0) is 48.7 Å². The zero-order valence-electron chi connectivity index (χ0n) is 13.0. The van der Waals surface area contributed by atoms with E-state index in [2.05, 4.69) is 61.1 Å². The van der Waals surface area contributed by atoms with Gasteiger partial charge in [0.15, 0.2) is 0 Å². The van der Waals surface area contributed by atoms with E-state index >= 15 is 0 Å². The lowest BCUT2D eigenvalue weighted by atomic mass is 9.85. The Labute approximate surface area is 136 Å². The Bertz CT molecular complexity index is 772. The molecular weight excluding hydrogens is 292 g/mol. The molecule has 2 N–H and O–H groups in total. The van der Waals surface area contributed by atoms with Crippen LogP contribution in [0.5, 0.6) is 0 Å². The van der Waals surface area contributed by atoms with Crippen LogP contribution >= 0.6 is 11.6 Å². The number of hydrogen-bond donors (Lipinski definition) is 1. The van der Waals surface area contributed by atoms with Gasteiger partial charge in [0.1, 0.15) is 0 Å². The Kier molecular flexibility index (Phi) is 4.23. The van der Waals surface area contributed by atoms with E-state index in [-0.39, 0.29) is 12.0 Å². The van der Waals surface area contributed by atoms with Crippen LogP contribution in [0.2, 0.25) is 5.02 Å². The smallest absolute Gasteiger partial charge is 0.0480 e. The van der Waals surface area contributed by atoms with Gasteiger partial charge in [-0.15, -0.1) is 0 Å². The molecule has 0 radical (unpaired) electrons. The molecule has 0 aliphatic carbocycles. The van der Waals surface area contributed by atoms with Crippen molar-refractivity contribution in [2.75, 3.05) is 0 Å². The maximum absolute atomic E-state index is 6.31. The average molecular weight is 313 g/mol. The number of nitrogens with two attached hydrogens (primary N) is 1. The Hall–Kier alpha value is -1.77. The highest BCUT2D eigenvalue weighted by atomic mass is 35.5. The summed E-state index contributed by atoms with van der Waals surface area (Å²) in [6.45, 7) is 2.09. The second-order valence-corrected chi connectivity index (χ2v) is 6.44. The Balaban J connectivity index is 2.01. The fourth-order valence-corrected chi connectivity index (χ4v) is 3.23. The van der Waals surface area contributed by atoms with E-state index in [1.54, 1.807) is 0 Å². The number of benzene rings is 2. The van der Waals surface area contributed by atoms with Crippen molar-refractivity contribution in [1.82, 2.24) is 4.57 Å². The van der Waals surface area contributed by atoms with E-state index in [1.165, 1.54) is 22.0 Å². The van der Waals surface area contributed by atoms with Crippen molar-refractivity contribution in [3.8, 4) is 0 Å². The zero-order valence-corrected chi connectivity index (χ0v) is 13.7.